The number of benzene rings is 1. The molecule has 1 N–H and O–H groups in total. The van der Waals surface area contributed by atoms with Crippen LogP contribution in [0.25, 0.3) is 0 Å². The fourth-order valence-electron chi connectivity index (χ4n) is 3.31. The van der Waals surface area contributed by atoms with Gasteiger partial charge in [-0.1, -0.05) is 31.2 Å². The smallest absolute Gasteiger partial charge is 0.0469 e. The summed E-state index contributed by atoms with van der Waals surface area (Å²) in [5.74, 6) is 0.705. The number of rotatable bonds is 7. The number of aryl methyl sites for hydroxylation is 1. The van der Waals surface area contributed by atoms with Crippen molar-refractivity contribution < 1.29 is 4.74 Å². The van der Waals surface area contributed by atoms with Gasteiger partial charge in [0.15, 0.2) is 0 Å². The van der Waals surface area contributed by atoms with Gasteiger partial charge in [-0.3, -0.25) is 0 Å². The van der Waals surface area contributed by atoms with Crippen molar-refractivity contribution in [1.29, 1.82) is 0 Å². The first-order chi connectivity index (χ1) is 9.86. The van der Waals surface area contributed by atoms with Crippen LogP contribution in [-0.2, 0) is 11.2 Å². The van der Waals surface area contributed by atoms with Crippen molar-refractivity contribution in [3.8, 4) is 0 Å². The fourth-order valence-corrected chi connectivity index (χ4v) is 3.31. The molecular formula is C18H29NO. The highest BCUT2D eigenvalue weighted by atomic mass is 16.5. The Balaban J connectivity index is 2.13. The normalized spacial score (nSPS) is 22.3. The maximum atomic E-state index is 5.59. The van der Waals surface area contributed by atoms with Gasteiger partial charge in [-0.15, -0.1) is 0 Å². The molecule has 1 aliphatic rings. The van der Waals surface area contributed by atoms with Crippen molar-refractivity contribution in [3.63, 3.8) is 0 Å². The average Bonchev–Trinajstić information content (AvgIpc) is 2.65. The number of hydrogen-bond acceptors (Lipinski definition) is 2. The number of nitrogens with one attached hydrogen (secondary N) is 1. The number of fused-ring (bicyclic) bond motifs is 1. The van der Waals surface area contributed by atoms with E-state index in [0.29, 0.717) is 12.0 Å². The van der Waals surface area contributed by atoms with Crippen molar-refractivity contribution in [2.45, 2.75) is 52.0 Å². The molecule has 2 heteroatoms. The van der Waals surface area contributed by atoms with Crippen LogP contribution >= 0.6 is 0 Å². The van der Waals surface area contributed by atoms with Gasteiger partial charge in [-0.05, 0) is 62.6 Å². The maximum absolute atomic E-state index is 5.59. The molecule has 0 spiro atoms. The van der Waals surface area contributed by atoms with Crippen LogP contribution in [-0.4, -0.2) is 19.8 Å². The quantitative estimate of drug-likeness (QED) is 0.597. The topological polar surface area (TPSA) is 21.3 Å². The summed E-state index contributed by atoms with van der Waals surface area (Å²) in [6, 6.07) is 9.50. The molecule has 0 heterocycles. The van der Waals surface area contributed by atoms with Gasteiger partial charge < -0.3 is 10.1 Å². The lowest BCUT2D eigenvalue weighted by molar-refractivity contribution is 0.123. The number of ether oxygens (including phenoxy) is 1. The van der Waals surface area contributed by atoms with Crippen LogP contribution in [0.15, 0.2) is 24.3 Å². The van der Waals surface area contributed by atoms with Gasteiger partial charge >= 0.3 is 0 Å². The molecular weight excluding hydrogens is 246 g/mol. The summed E-state index contributed by atoms with van der Waals surface area (Å²) in [5, 5.41) is 3.79. The van der Waals surface area contributed by atoms with Crippen LogP contribution in [0.3, 0.4) is 0 Å². The molecule has 0 fully saturated rings. The van der Waals surface area contributed by atoms with Gasteiger partial charge in [0.05, 0.1) is 0 Å². The van der Waals surface area contributed by atoms with Gasteiger partial charge in [-0.25, -0.2) is 0 Å². The van der Waals surface area contributed by atoms with Crippen LogP contribution in [0.4, 0.5) is 0 Å². The zero-order valence-electron chi connectivity index (χ0n) is 13.0. The van der Waals surface area contributed by atoms with Gasteiger partial charge in [0.2, 0.25) is 0 Å². The molecule has 0 aliphatic heterocycles. The van der Waals surface area contributed by atoms with Gasteiger partial charge in [-0.2, -0.15) is 0 Å². The second kappa shape index (κ2) is 8.43. The summed E-state index contributed by atoms with van der Waals surface area (Å²) in [7, 11) is 0. The monoisotopic (exact) mass is 275 g/mol. The Bertz CT molecular complexity index is 391. The lowest BCUT2D eigenvalue weighted by atomic mass is 9.88. The van der Waals surface area contributed by atoms with E-state index in [1.54, 1.807) is 5.56 Å². The van der Waals surface area contributed by atoms with E-state index in [2.05, 4.69) is 43.4 Å². The largest absolute Gasteiger partial charge is 0.382 e. The highest BCUT2D eigenvalue weighted by Crippen LogP contribution is 2.35. The van der Waals surface area contributed by atoms with E-state index in [9.17, 15) is 0 Å². The Morgan fingerprint density at radius 3 is 2.90 bits per heavy atom. The first-order valence-corrected chi connectivity index (χ1v) is 8.25. The number of hydrogen-bond donors (Lipinski definition) is 1. The van der Waals surface area contributed by atoms with Crippen LogP contribution in [0.2, 0.25) is 0 Å². The van der Waals surface area contributed by atoms with E-state index in [-0.39, 0.29) is 0 Å². The first kappa shape index (κ1) is 15.5. The van der Waals surface area contributed by atoms with Crippen LogP contribution in [0.5, 0.6) is 0 Å². The van der Waals surface area contributed by atoms with Crippen LogP contribution < -0.4 is 5.32 Å². The van der Waals surface area contributed by atoms with Crippen LogP contribution in [0, 0.1) is 5.92 Å². The maximum Gasteiger partial charge on any atom is 0.0469 e. The second-order valence-electron chi connectivity index (χ2n) is 5.77. The molecule has 2 unspecified atom stereocenters. The van der Waals surface area contributed by atoms with Crippen molar-refractivity contribution in [1.82, 2.24) is 5.32 Å². The highest BCUT2D eigenvalue weighted by molar-refractivity contribution is 5.31. The van der Waals surface area contributed by atoms with Crippen molar-refractivity contribution in [3.05, 3.63) is 35.4 Å². The molecule has 2 rings (SSSR count). The lowest BCUT2D eigenvalue weighted by Gasteiger charge is -2.28. The molecule has 20 heavy (non-hydrogen) atoms. The van der Waals surface area contributed by atoms with E-state index in [1.807, 2.05) is 0 Å². The molecule has 1 aromatic rings. The summed E-state index contributed by atoms with van der Waals surface area (Å²) in [6.07, 6.45) is 6.20. The minimum Gasteiger partial charge on any atom is -0.382 e. The Morgan fingerprint density at radius 1 is 1.25 bits per heavy atom. The van der Waals surface area contributed by atoms with Gasteiger partial charge in [0.1, 0.15) is 0 Å². The molecule has 0 aromatic heterocycles. The summed E-state index contributed by atoms with van der Waals surface area (Å²) in [5.41, 5.74) is 3.07. The molecule has 0 saturated heterocycles. The molecule has 0 bridgehead atoms. The molecule has 0 radical (unpaired) electrons. The molecule has 0 amide bonds. The second-order valence-corrected chi connectivity index (χ2v) is 5.77. The zero-order chi connectivity index (χ0) is 14.2. The van der Waals surface area contributed by atoms with E-state index >= 15 is 0 Å². The van der Waals surface area contributed by atoms with E-state index in [0.717, 1.165) is 19.8 Å². The Kier molecular flexibility index (Phi) is 6.55. The third-order valence-electron chi connectivity index (χ3n) is 4.33. The molecule has 1 aliphatic carbocycles. The minimum absolute atomic E-state index is 0.508. The Hall–Kier alpha value is -0.860. The first-order valence-electron chi connectivity index (χ1n) is 8.25. The summed E-state index contributed by atoms with van der Waals surface area (Å²) in [6.45, 7) is 7.15. The van der Waals surface area contributed by atoms with Crippen molar-refractivity contribution in [2.75, 3.05) is 19.8 Å². The minimum atomic E-state index is 0.508. The van der Waals surface area contributed by atoms with E-state index in [4.69, 9.17) is 4.74 Å². The zero-order valence-corrected chi connectivity index (χ0v) is 13.0. The average molecular weight is 275 g/mol. The van der Waals surface area contributed by atoms with E-state index in [1.165, 1.54) is 37.7 Å². The Morgan fingerprint density at radius 2 is 2.10 bits per heavy atom. The Labute approximate surface area is 123 Å². The summed E-state index contributed by atoms with van der Waals surface area (Å²) >= 11 is 0. The molecule has 1 aromatic carbocycles. The third kappa shape index (κ3) is 4.07. The molecule has 112 valence electrons. The predicted octanol–water partition coefficient (Wildman–Crippen LogP) is 4.11. The summed E-state index contributed by atoms with van der Waals surface area (Å²) in [4.78, 5) is 0. The SMILES string of the molecule is CCCNC1c2ccccc2CCCC1CCOCC. The highest BCUT2D eigenvalue weighted by Gasteiger charge is 2.26. The van der Waals surface area contributed by atoms with Crippen molar-refractivity contribution in [2.24, 2.45) is 5.92 Å². The van der Waals surface area contributed by atoms with Crippen LogP contribution in [0.1, 0.15) is 56.7 Å². The molecule has 2 atom stereocenters. The molecule has 2 nitrogen and oxygen atoms in total. The third-order valence-corrected chi connectivity index (χ3v) is 4.33. The summed E-state index contributed by atoms with van der Waals surface area (Å²) < 4.78 is 5.59. The van der Waals surface area contributed by atoms with Gasteiger partial charge in [0, 0.05) is 19.3 Å². The van der Waals surface area contributed by atoms with E-state index < -0.39 is 0 Å². The molecule has 0 saturated carbocycles. The fraction of sp³-hybridized carbons (Fsp3) is 0.667. The predicted molar refractivity (Wildman–Crippen MR) is 85.0 cm³/mol. The standard InChI is InChI=1S/C18H29NO/c1-3-13-19-18-16(12-14-20-4-2)10-7-9-15-8-5-6-11-17(15)18/h5-6,8,11,16,18-19H,3-4,7,9-10,12-14H2,1-2H3. The van der Waals surface area contributed by atoms with Gasteiger partial charge in [0.25, 0.3) is 0 Å². The van der Waals surface area contributed by atoms with Crippen molar-refractivity contribution >= 4 is 0 Å². The lowest BCUT2D eigenvalue weighted by Crippen LogP contribution is -2.29.